The van der Waals surface area contributed by atoms with E-state index >= 15 is 0 Å². The Hall–Kier alpha value is -3.58. The summed E-state index contributed by atoms with van der Waals surface area (Å²) in [5.41, 5.74) is 0.985. The molecule has 1 unspecified atom stereocenters. The Morgan fingerprint density at radius 3 is 1.83 bits per heavy atom. The summed E-state index contributed by atoms with van der Waals surface area (Å²) in [6, 6.07) is 13.7. The molecule has 0 bridgehead atoms. The summed E-state index contributed by atoms with van der Waals surface area (Å²) in [7, 11) is -9.65. The van der Waals surface area contributed by atoms with Crippen molar-refractivity contribution in [2.75, 3.05) is 17.2 Å². The summed E-state index contributed by atoms with van der Waals surface area (Å²) >= 11 is 0. The molecule has 3 aromatic rings. The maximum atomic E-state index is 12.7. The van der Waals surface area contributed by atoms with Crippen LogP contribution in [0.4, 0.5) is 11.4 Å². The van der Waals surface area contributed by atoms with Crippen LogP contribution in [0.1, 0.15) is 35.7 Å². The van der Waals surface area contributed by atoms with Crippen LogP contribution in [0.5, 0.6) is 0 Å². The Kier molecular flexibility index (Phi) is 7.94. The second kappa shape index (κ2) is 10.6. The van der Waals surface area contributed by atoms with Gasteiger partial charge in [-0.2, -0.15) is 16.8 Å². The molecule has 10 nitrogen and oxygen atoms in total. The summed E-state index contributed by atoms with van der Waals surface area (Å²) < 4.78 is 68.0. The average Bonchev–Trinajstić information content (AvgIpc) is 2.83. The van der Waals surface area contributed by atoms with Crippen molar-refractivity contribution in [3.63, 3.8) is 0 Å². The molecule has 36 heavy (non-hydrogen) atoms. The van der Waals surface area contributed by atoms with E-state index in [2.05, 4.69) is 10.6 Å². The maximum Gasteiger partial charge on any atom is 0.295 e. The SMILES string of the molecule is CCNc1ccc(-c2ccc(NC(=O)c3ccc(C(C)C=O)cc3)cc2S(=O)(=O)O)c(S(=O)(=O)O)c1. The van der Waals surface area contributed by atoms with Gasteiger partial charge >= 0.3 is 0 Å². The van der Waals surface area contributed by atoms with Gasteiger partial charge in [0.15, 0.2) is 0 Å². The van der Waals surface area contributed by atoms with Crippen LogP contribution in [0, 0.1) is 0 Å². The molecular weight excluding hydrogens is 508 g/mol. The van der Waals surface area contributed by atoms with Crippen molar-refractivity contribution in [1.82, 2.24) is 0 Å². The van der Waals surface area contributed by atoms with Gasteiger partial charge < -0.3 is 15.4 Å². The van der Waals surface area contributed by atoms with Crippen LogP contribution in [0.25, 0.3) is 11.1 Å². The van der Waals surface area contributed by atoms with Gasteiger partial charge in [-0.15, -0.1) is 0 Å². The van der Waals surface area contributed by atoms with Crippen LogP contribution in [0.2, 0.25) is 0 Å². The number of rotatable bonds is 9. The van der Waals surface area contributed by atoms with E-state index in [1.165, 1.54) is 36.4 Å². The molecule has 0 aromatic heterocycles. The molecule has 3 aromatic carbocycles. The molecule has 0 saturated heterocycles. The van der Waals surface area contributed by atoms with Gasteiger partial charge in [0.1, 0.15) is 16.1 Å². The van der Waals surface area contributed by atoms with Crippen molar-refractivity contribution < 1.29 is 35.5 Å². The average molecular weight is 533 g/mol. The molecular formula is C24H24N2O8S2. The minimum absolute atomic E-state index is 0.0133. The van der Waals surface area contributed by atoms with Crippen LogP contribution in [0.3, 0.4) is 0 Å². The molecule has 0 spiro atoms. The number of benzene rings is 3. The number of carbonyl (C=O) groups is 2. The summed E-state index contributed by atoms with van der Waals surface area (Å²) in [4.78, 5) is 22.4. The number of hydrogen-bond acceptors (Lipinski definition) is 7. The van der Waals surface area contributed by atoms with Crippen molar-refractivity contribution in [1.29, 1.82) is 0 Å². The van der Waals surface area contributed by atoms with Crippen LogP contribution in [0.15, 0.2) is 70.5 Å². The Labute approximate surface area is 208 Å². The van der Waals surface area contributed by atoms with Gasteiger partial charge in [-0.05, 0) is 48.9 Å². The lowest BCUT2D eigenvalue weighted by Gasteiger charge is -2.15. The lowest BCUT2D eigenvalue weighted by Crippen LogP contribution is -2.13. The minimum atomic E-state index is -4.88. The molecule has 0 heterocycles. The molecule has 1 amide bonds. The molecule has 12 heteroatoms. The third-order valence-corrected chi connectivity index (χ3v) is 7.14. The first-order valence-corrected chi connectivity index (χ1v) is 13.6. The molecule has 0 fully saturated rings. The van der Waals surface area contributed by atoms with E-state index in [9.17, 15) is 35.5 Å². The van der Waals surface area contributed by atoms with E-state index in [-0.39, 0.29) is 28.3 Å². The lowest BCUT2D eigenvalue weighted by atomic mass is 10.0. The third kappa shape index (κ3) is 6.15. The fourth-order valence-electron chi connectivity index (χ4n) is 3.53. The summed E-state index contributed by atoms with van der Waals surface area (Å²) in [6.45, 7) is 3.96. The second-order valence-electron chi connectivity index (χ2n) is 7.90. The van der Waals surface area contributed by atoms with Crippen LogP contribution in [-0.4, -0.2) is 44.7 Å². The van der Waals surface area contributed by atoms with E-state index in [4.69, 9.17) is 0 Å². The minimum Gasteiger partial charge on any atom is -0.385 e. The largest absolute Gasteiger partial charge is 0.385 e. The highest BCUT2D eigenvalue weighted by Gasteiger charge is 2.24. The second-order valence-corrected chi connectivity index (χ2v) is 10.7. The van der Waals surface area contributed by atoms with E-state index in [0.29, 0.717) is 17.8 Å². The number of amides is 1. The van der Waals surface area contributed by atoms with Crippen molar-refractivity contribution >= 4 is 43.8 Å². The zero-order valence-electron chi connectivity index (χ0n) is 19.3. The maximum absolute atomic E-state index is 12.7. The van der Waals surface area contributed by atoms with Crippen molar-refractivity contribution in [3.8, 4) is 11.1 Å². The topological polar surface area (TPSA) is 167 Å². The normalized spacial score (nSPS) is 12.6. The van der Waals surface area contributed by atoms with Crippen molar-refractivity contribution in [2.24, 2.45) is 0 Å². The Morgan fingerprint density at radius 1 is 0.861 bits per heavy atom. The highest BCUT2D eigenvalue weighted by molar-refractivity contribution is 7.86. The van der Waals surface area contributed by atoms with Gasteiger partial charge in [0.05, 0.1) is 0 Å². The number of nitrogens with one attached hydrogen (secondary N) is 2. The monoisotopic (exact) mass is 532 g/mol. The molecule has 0 aliphatic carbocycles. The zero-order chi connectivity index (χ0) is 26.7. The fraction of sp³-hybridized carbons (Fsp3) is 0.167. The molecule has 0 saturated carbocycles. The van der Waals surface area contributed by atoms with Gasteiger partial charge in [0, 0.05) is 40.5 Å². The Bertz CT molecular complexity index is 1520. The first kappa shape index (κ1) is 27.0. The molecule has 1 atom stereocenters. The predicted molar refractivity (Wildman–Crippen MR) is 135 cm³/mol. The first-order valence-electron chi connectivity index (χ1n) is 10.7. The van der Waals surface area contributed by atoms with E-state index in [1.807, 2.05) is 0 Å². The summed E-state index contributed by atoms with van der Waals surface area (Å²) in [6.07, 6.45) is 0.773. The van der Waals surface area contributed by atoms with E-state index in [1.54, 1.807) is 26.0 Å². The number of anilines is 2. The third-order valence-electron chi connectivity index (χ3n) is 5.35. The fourth-order valence-corrected chi connectivity index (χ4v) is 4.99. The molecule has 0 radical (unpaired) electrons. The van der Waals surface area contributed by atoms with Crippen LogP contribution < -0.4 is 10.6 Å². The molecule has 0 aliphatic heterocycles. The zero-order valence-corrected chi connectivity index (χ0v) is 20.9. The lowest BCUT2D eigenvalue weighted by molar-refractivity contribution is -0.108. The Balaban J connectivity index is 2.04. The molecule has 4 N–H and O–H groups in total. The standard InChI is InChI=1S/C24H24N2O8S2/c1-3-25-18-8-10-20(22(12-18)35(29,30)31)21-11-9-19(13-23(21)36(32,33)34)26-24(28)17-6-4-16(5-7-17)15(2)14-27/h4-15,25H,3H2,1-2H3,(H,26,28)(H,29,30,31)(H,32,33,34). The first-order chi connectivity index (χ1) is 16.8. The van der Waals surface area contributed by atoms with Gasteiger partial charge in [-0.3, -0.25) is 13.9 Å². The van der Waals surface area contributed by atoms with E-state index < -0.39 is 35.9 Å². The van der Waals surface area contributed by atoms with Crippen LogP contribution >= 0.6 is 0 Å². The number of hydrogen-bond donors (Lipinski definition) is 4. The van der Waals surface area contributed by atoms with Gasteiger partial charge in [-0.25, -0.2) is 0 Å². The number of aldehydes is 1. The van der Waals surface area contributed by atoms with Crippen molar-refractivity contribution in [3.05, 3.63) is 71.8 Å². The van der Waals surface area contributed by atoms with Gasteiger partial charge in [0.25, 0.3) is 26.1 Å². The van der Waals surface area contributed by atoms with E-state index in [0.717, 1.165) is 18.4 Å². The number of carbonyl (C=O) groups excluding carboxylic acids is 2. The highest BCUT2D eigenvalue weighted by atomic mass is 32.2. The summed E-state index contributed by atoms with van der Waals surface area (Å²) in [5, 5.41) is 5.42. The predicted octanol–water partition coefficient (Wildman–Crippen LogP) is 3.83. The van der Waals surface area contributed by atoms with Gasteiger partial charge in [0.2, 0.25) is 0 Å². The highest BCUT2D eigenvalue weighted by Crippen LogP contribution is 2.35. The molecule has 3 rings (SSSR count). The van der Waals surface area contributed by atoms with Crippen molar-refractivity contribution in [2.45, 2.75) is 29.6 Å². The molecule has 0 aliphatic rings. The summed E-state index contributed by atoms with van der Waals surface area (Å²) in [5.74, 6) is -0.922. The smallest absolute Gasteiger partial charge is 0.295 e. The molecule has 190 valence electrons. The Morgan fingerprint density at radius 2 is 1.36 bits per heavy atom. The van der Waals surface area contributed by atoms with Gasteiger partial charge in [-0.1, -0.05) is 31.2 Å². The van der Waals surface area contributed by atoms with Crippen LogP contribution in [-0.2, 0) is 25.0 Å². The quantitative estimate of drug-likeness (QED) is 0.236.